The molecule has 0 atom stereocenters. The van der Waals surface area contributed by atoms with Crippen molar-refractivity contribution in [1.82, 2.24) is 9.97 Å². The van der Waals surface area contributed by atoms with Gasteiger partial charge in [-0.05, 0) is 81.0 Å². The Bertz CT molecular complexity index is 1220. The number of carbonyl (C=O) groups excluding carboxylic acids is 2. The molecule has 3 aromatic rings. The summed E-state index contributed by atoms with van der Waals surface area (Å²) in [5.41, 5.74) is 5.87. The van der Waals surface area contributed by atoms with E-state index in [2.05, 4.69) is 20.6 Å². The average molecular weight is 443 g/mol. The molecule has 0 aliphatic heterocycles. The van der Waals surface area contributed by atoms with Crippen LogP contribution in [0.2, 0.25) is 0 Å². The van der Waals surface area contributed by atoms with Crippen LogP contribution in [-0.4, -0.2) is 21.8 Å². The van der Waals surface area contributed by atoms with Crippen LogP contribution in [0.25, 0.3) is 22.4 Å². The number of benzene rings is 2. The van der Waals surface area contributed by atoms with Gasteiger partial charge in [-0.3, -0.25) is 9.59 Å². The normalized spacial score (nSPS) is 14.8. The third-order valence-electron chi connectivity index (χ3n) is 5.82. The van der Waals surface area contributed by atoms with Crippen molar-refractivity contribution in [2.45, 2.75) is 52.4 Å². The first-order valence-electron chi connectivity index (χ1n) is 11.8. The van der Waals surface area contributed by atoms with Gasteiger partial charge in [0.15, 0.2) is 0 Å². The molecular weight excluding hydrogens is 412 g/mol. The molecule has 0 unspecified atom stereocenters. The first-order chi connectivity index (χ1) is 16.2. The zero-order chi connectivity index (χ0) is 23.2. The van der Waals surface area contributed by atoms with E-state index in [4.69, 9.17) is 0 Å². The Kier molecular flexibility index (Phi) is 7.03. The van der Waals surface area contributed by atoms with Crippen LogP contribution in [0.5, 0.6) is 0 Å². The lowest BCUT2D eigenvalue weighted by molar-refractivity contribution is -0.113. The van der Waals surface area contributed by atoms with Gasteiger partial charge in [0.05, 0.1) is 11.0 Å². The van der Waals surface area contributed by atoms with Gasteiger partial charge in [0.2, 0.25) is 0 Å². The molecule has 0 bridgehead atoms. The molecule has 2 aromatic carbocycles. The Morgan fingerprint density at radius 1 is 0.818 bits per heavy atom. The summed E-state index contributed by atoms with van der Waals surface area (Å²) in [6.07, 6.45) is 9.78. The van der Waals surface area contributed by atoms with Gasteiger partial charge in [-0.1, -0.05) is 26.0 Å². The molecule has 6 nitrogen and oxygen atoms in total. The molecule has 0 saturated carbocycles. The number of rotatable bonds is 5. The lowest BCUT2D eigenvalue weighted by Gasteiger charge is -2.06. The van der Waals surface area contributed by atoms with Crippen molar-refractivity contribution in [3.63, 3.8) is 0 Å². The van der Waals surface area contributed by atoms with Gasteiger partial charge in [-0.25, -0.2) is 4.98 Å². The van der Waals surface area contributed by atoms with Gasteiger partial charge in [0, 0.05) is 28.1 Å². The van der Waals surface area contributed by atoms with Crippen molar-refractivity contribution in [2.24, 2.45) is 0 Å². The number of imidazole rings is 1. The zero-order valence-electron chi connectivity index (χ0n) is 19.2. The number of H-pyrrole nitrogens is 1. The molecule has 33 heavy (non-hydrogen) atoms. The van der Waals surface area contributed by atoms with Crippen LogP contribution < -0.4 is 10.6 Å². The van der Waals surface area contributed by atoms with E-state index in [9.17, 15) is 9.59 Å². The average Bonchev–Trinajstić information content (AvgIpc) is 3.62. The van der Waals surface area contributed by atoms with E-state index in [-0.39, 0.29) is 11.8 Å². The first kappa shape index (κ1) is 22.5. The fourth-order valence-corrected chi connectivity index (χ4v) is 4.11. The minimum atomic E-state index is -0.0254. The fraction of sp³-hybridized carbons (Fsp3) is 0.296. The highest BCUT2D eigenvalue weighted by Gasteiger charge is 2.15. The molecule has 2 amide bonds. The molecule has 0 saturated heterocycles. The third kappa shape index (κ3) is 5.22. The molecule has 0 spiro atoms. The van der Waals surface area contributed by atoms with E-state index in [0.717, 1.165) is 83.5 Å². The molecule has 170 valence electrons. The van der Waals surface area contributed by atoms with Gasteiger partial charge < -0.3 is 15.6 Å². The highest BCUT2D eigenvalue weighted by Crippen LogP contribution is 2.26. The lowest BCUT2D eigenvalue weighted by atomic mass is 10.2. The maximum absolute atomic E-state index is 12.3. The molecule has 6 heteroatoms. The van der Waals surface area contributed by atoms with Crippen LogP contribution in [0.3, 0.4) is 0 Å². The van der Waals surface area contributed by atoms with E-state index in [1.807, 2.05) is 68.5 Å². The van der Waals surface area contributed by atoms with Crippen LogP contribution in [0.15, 0.2) is 65.8 Å². The minimum absolute atomic E-state index is 0.0167. The van der Waals surface area contributed by atoms with E-state index < -0.39 is 0 Å². The molecule has 1 aromatic heterocycles. The van der Waals surface area contributed by atoms with Gasteiger partial charge in [-0.15, -0.1) is 0 Å². The molecule has 0 fully saturated rings. The first-order valence-corrected chi connectivity index (χ1v) is 11.8. The monoisotopic (exact) mass is 442 g/mol. The zero-order valence-corrected chi connectivity index (χ0v) is 19.2. The molecule has 2 aliphatic rings. The van der Waals surface area contributed by atoms with Crippen LogP contribution >= 0.6 is 0 Å². The Morgan fingerprint density at radius 3 is 1.97 bits per heavy atom. The van der Waals surface area contributed by atoms with Gasteiger partial charge in [0.1, 0.15) is 5.82 Å². The minimum Gasteiger partial charge on any atom is -0.338 e. The number of carbonyl (C=O) groups is 2. The van der Waals surface area contributed by atoms with Crippen LogP contribution in [-0.2, 0) is 9.59 Å². The number of allylic oxidation sites excluding steroid dienone is 2. The van der Waals surface area contributed by atoms with Crippen LogP contribution in [0.4, 0.5) is 11.4 Å². The third-order valence-corrected chi connectivity index (χ3v) is 5.82. The Balaban J connectivity index is 0.00000126. The van der Waals surface area contributed by atoms with Gasteiger partial charge >= 0.3 is 0 Å². The highest BCUT2D eigenvalue weighted by atomic mass is 16.2. The van der Waals surface area contributed by atoms with Crippen molar-refractivity contribution < 1.29 is 9.59 Å². The highest BCUT2D eigenvalue weighted by molar-refractivity contribution is 6.05. The number of amides is 2. The summed E-state index contributed by atoms with van der Waals surface area (Å²) in [6.45, 7) is 4.00. The summed E-state index contributed by atoms with van der Waals surface area (Å²) in [7, 11) is 0. The number of aromatic nitrogens is 2. The second kappa shape index (κ2) is 10.3. The van der Waals surface area contributed by atoms with Crippen molar-refractivity contribution in [1.29, 1.82) is 0 Å². The van der Waals surface area contributed by atoms with Crippen LogP contribution in [0, 0.1) is 0 Å². The van der Waals surface area contributed by atoms with Crippen molar-refractivity contribution in [3.8, 4) is 11.4 Å². The topological polar surface area (TPSA) is 86.9 Å². The summed E-state index contributed by atoms with van der Waals surface area (Å²) in [6, 6.07) is 13.3. The van der Waals surface area contributed by atoms with E-state index in [1.165, 1.54) is 0 Å². The molecule has 3 N–H and O–H groups in total. The summed E-state index contributed by atoms with van der Waals surface area (Å²) < 4.78 is 0. The van der Waals surface area contributed by atoms with E-state index >= 15 is 0 Å². The quantitative estimate of drug-likeness (QED) is 0.430. The molecular formula is C27H30N4O2. The number of fused-ring (bicyclic) bond motifs is 1. The molecule has 0 radical (unpaired) electrons. The van der Waals surface area contributed by atoms with E-state index in [0.29, 0.717) is 0 Å². The van der Waals surface area contributed by atoms with Crippen LogP contribution in [0.1, 0.15) is 52.4 Å². The molecule has 1 heterocycles. The fourth-order valence-electron chi connectivity index (χ4n) is 4.11. The number of hydrogen-bond acceptors (Lipinski definition) is 3. The second-order valence-corrected chi connectivity index (χ2v) is 8.05. The number of anilines is 2. The van der Waals surface area contributed by atoms with Crippen molar-refractivity contribution in [2.75, 3.05) is 10.6 Å². The van der Waals surface area contributed by atoms with Gasteiger partial charge in [0.25, 0.3) is 11.8 Å². The smallest absolute Gasteiger partial charge is 0.251 e. The lowest BCUT2D eigenvalue weighted by Crippen LogP contribution is -2.13. The maximum atomic E-state index is 12.3. The standard InChI is InChI=1S/C25H24N4O2.C2H6/c30-24(17-5-1-2-6-17)26-19-11-9-16(10-12-19)23-28-21-14-13-20(15-22(21)29-23)27-25(31)18-7-3-4-8-18;1-2/h5,7,9-15H,1-4,6,8H2,(H,26,30)(H,27,31)(H,28,29);1-2H3. The maximum Gasteiger partial charge on any atom is 0.251 e. The second-order valence-electron chi connectivity index (χ2n) is 8.05. The molecule has 5 rings (SSSR count). The van der Waals surface area contributed by atoms with Crippen molar-refractivity contribution in [3.05, 3.63) is 65.8 Å². The number of aromatic amines is 1. The predicted molar refractivity (Wildman–Crippen MR) is 134 cm³/mol. The van der Waals surface area contributed by atoms with Crippen molar-refractivity contribution >= 4 is 34.2 Å². The summed E-state index contributed by atoms with van der Waals surface area (Å²) in [4.78, 5) is 32.6. The number of hydrogen-bond donors (Lipinski definition) is 3. The Hall–Kier alpha value is -3.67. The Labute approximate surface area is 194 Å². The number of nitrogens with zero attached hydrogens (tertiary/aromatic N) is 1. The summed E-state index contributed by atoms with van der Waals surface area (Å²) in [5.74, 6) is 0.702. The summed E-state index contributed by atoms with van der Waals surface area (Å²) in [5, 5.41) is 5.93. The van der Waals surface area contributed by atoms with Gasteiger partial charge in [-0.2, -0.15) is 0 Å². The largest absolute Gasteiger partial charge is 0.338 e. The summed E-state index contributed by atoms with van der Waals surface area (Å²) >= 11 is 0. The number of nitrogens with one attached hydrogen (secondary N) is 3. The predicted octanol–water partition coefficient (Wildman–Crippen LogP) is 6.35. The Morgan fingerprint density at radius 2 is 1.39 bits per heavy atom. The van der Waals surface area contributed by atoms with E-state index in [1.54, 1.807) is 0 Å². The SMILES string of the molecule is CC.O=C(Nc1ccc(-c2nc3ccc(NC(=O)C4=CCCC4)cc3[nH]2)cc1)C1=CCCC1. The molecule has 2 aliphatic carbocycles.